The molecule has 0 aliphatic carbocycles. The van der Waals surface area contributed by atoms with Crippen LogP contribution in [0.15, 0.2) is 0 Å². The van der Waals surface area contributed by atoms with Gasteiger partial charge in [0.2, 0.25) is 0 Å². The van der Waals surface area contributed by atoms with Gasteiger partial charge < -0.3 is 9.64 Å². The summed E-state index contributed by atoms with van der Waals surface area (Å²) < 4.78 is 39.7. The molecule has 0 spiro atoms. The molecule has 0 N–H and O–H groups in total. The molecule has 0 rings (SSSR count). The van der Waals surface area contributed by atoms with Crippen molar-refractivity contribution in [2.75, 3.05) is 13.2 Å². The van der Waals surface area contributed by atoms with Gasteiger partial charge in [0.25, 0.3) is 0 Å². The third-order valence-electron chi connectivity index (χ3n) is 1.78. The molecular weight excluding hydrogens is 223 g/mol. The predicted molar refractivity (Wildman–Crippen MR) is 54.1 cm³/mol. The SMILES string of the molecule is CC(C)CN(C(=O)OCC(F)(F)F)C(C)C. The molecule has 0 aromatic rings. The quantitative estimate of drug-likeness (QED) is 0.757. The molecule has 0 radical (unpaired) electrons. The van der Waals surface area contributed by atoms with Crippen molar-refractivity contribution in [3.05, 3.63) is 0 Å². The second kappa shape index (κ2) is 5.96. The Labute approximate surface area is 93.6 Å². The molecule has 0 fully saturated rings. The maximum Gasteiger partial charge on any atom is 0.422 e. The highest BCUT2D eigenvalue weighted by Gasteiger charge is 2.31. The lowest BCUT2D eigenvalue weighted by Crippen LogP contribution is -2.41. The molecule has 0 aromatic carbocycles. The van der Waals surface area contributed by atoms with Gasteiger partial charge in [-0.3, -0.25) is 0 Å². The van der Waals surface area contributed by atoms with Crippen LogP contribution in [-0.2, 0) is 4.74 Å². The second-order valence-electron chi connectivity index (χ2n) is 4.31. The zero-order chi connectivity index (χ0) is 12.9. The fourth-order valence-electron chi connectivity index (χ4n) is 1.12. The number of hydrogen-bond donors (Lipinski definition) is 0. The van der Waals surface area contributed by atoms with E-state index in [4.69, 9.17) is 0 Å². The van der Waals surface area contributed by atoms with Crippen molar-refractivity contribution >= 4 is 6.09 Å². The highest BCUT2D eigenvalue weighted by Crippen LogP contribution is 2.16. The van der Waals surface area contributed by atoms with Gasteiger partial charge in [-0.05, 0) is 19.8 Å². The smallest absolute Gasteiger partial charge is 0.422 e. The molecule has 0 bridgehead atoms. The molecule has 1 amide bonds. The van der Waals surface area contributed by atoms with E-state index >= 15 is 0 Å². The highest BCUT2D eigenvalue weighted by molar-refractivity contribution is 5.68. The van der Waals surface area contributed by atoms with Crippen molar-refractivity contribution in [3.8, 4) is 0 Å². The van der Waals surface area contributed by atoms with Crippen LogP contribution < -0.4 is 0 Å². The molecule has 0 unspecified atom stereocenters. The molecular formula is C10H18F3NO2. The van der Waals surface area contributed by atoms with Gasteiger partial charge >= 0.3 is 12.3 Å². The lowest BCUT2D eigenvalue weighted by molar-refractivity contribution is -0.162. The lowest BCUT2D eigenvalue weighted by atomic mass is 10.2. The second-order valence-corrected chi connectivity index (χ2v) is 4.31. The van der Waals surface area contributed by atoms with Crippen LogP contribution in [0, 0.1) is 5.92 Å². The van der Waals surface area contributed by atoms with Crippen molar-refractivity contribution in [3.63, 3.8) is 0 Å². The summed E-state index contributed by atoms with van der Waals surface area (Å²) in [4.78, 5) is 12.7. The van der Waals surface area contributed by atoms with Crippen LogP contribution in [-0.4, -0.2) is 36.4 Å². The lowest BCUT2D eigenvalue weighted by Gasteiger charge is -2.27. The first kappa shape index (κ1) is 15.1. The third-order valence-corrected chi connectivity index (χ3v) is 1.78. The van der Waals surface area contributed by atoms with E-state index in [9.17, 15) is 18.0 Å². The Hall–Kier alpha value is -0.940. The van der Waals surface area contributed by atoms with Crippen molar-refractivity contribution < 1.29 is 22.7 Å². The minimum absolute atomic E-state index is 0.178. The Kier molecular flexibility index (Phi) is 5.61. The molecule has 0 saturated carbocycles. The Morgan fingerprint density at radius 1 is 1.25 bits per heavy atom. The van der Waals surface area contributed by atoms with Gasteiger partial charge in [-0.15, -0.1) is 0 Å². The zero-order valence-electron chi connectivity index (χ0n) is 9.97. The van der Waals surface area contributed by atoms with Crippen LogP contribution in [0.4, 0.5) is 18.0 Å². The average molecular weight is 241 g/mol. The topological polar surface area (TPSA) is 29.5 Å². The molecule has 0 atom stereocenters. The van der Waals surface area contributed by atoms with E-state index in [0.29, 0.717) is 6.54 Å². The molecule has 96 valence electrons. The molecule has 3 nitrogen and oxygen atoms in total. The summed E-state index contributed by atoms with van der Waals surface area (Å²) in [5.41, 5.74) is 0. The monoisotopic (exact) mass is 241 g/mol. The minimum Gasteiger partial charge on any atom is -0.440 e. The van der Waals surface area contributed by atoms with E-state index in [0.717, 1.165) is 0 Å². The van der Waals surface area contributed by atoms with E-state index in [1.54, 1.807) is 13.8 Å². The number of halogens is 3. The van der Waals surface area contributed by atoms with E-state index in [1.165, 1.54) is 4.90 Å². The van der Waals surface area contributed by atoms with E-state index in [-0.39, 0.29) is 12.0 Å². The standard InChI is InChI=1S/C10H18F3NO2/c1-7(2)5-14(8(3)4)9(15)16-6-10(11,12)13/h7-8H,5-6H2,1-4H3. The van der Waals surface area contributed by atoms with Gasteiger partial charge in [0.15, 0.2) is 6.61 Å². The number of hydrogen-bond acceptors (Lipinski definition) is 2. The number of carbonyl (C=O) groups is 1. The summed E-state index contributed by atoms with van der Waals surface area (Å²) in [5, 5.41) is 0. The number of rotatable bonds is 4. The number of nitrogens with zero attached hydrogens (tertiary/aromatic N) is 1. The van der Waals surface area contributed by atoms with Gasteiger partial charge in [0, 0.05) is 12.6 Å². The van der Waals surface area contributed by atoms with Crippen molar-refractivity contribution in [1.29, 1.82) is 0 Å². The van der Waals surface area contributed by atoms with Gasteiger partial charge in [-0.1, -0.05) is 13.8 Å². The van der Waals surface area contributed by atoms with Gasteiger partial charge in [0.1, 0.15) is 0 Å². The van der Waals surface area contributed by atoms with Crippen LogP contribution in [0.5, 0.6) is 0 Å². The summed E-state index contributed by atoms with van der Waals surface area (Å²) in [5.74, 6) is 0.181. The maximum absolute atomic E-state index is 11.8. The first-order chi connectivity index (χ1) is 7.13. The van der Waals surface area contributed by atoms with Crippen LogP contribution in [0.3, 0.4) is 0 Å². The summed E-state index contributed by atoms with van der Waals surface area (Å²) in [6.45, 7) is 6.08. The predicted octanol–water partition coefficient (Wildman–Crippen LogP) is 3.05. The molecule has 16 heavy (non-hydrogen) atoms. The summed E-state index contributed by atoms with van der Waals surface area (Å²) in [6, 6.07) is -0.178. The van der Waals surface area contributed by atoms with Crippen LogP contribution in [0.2, 0.25) is 0 Å². The third kappa shape index (κ3) is 6.53. The van der Waals surface area contributed by atoms with Gasteiger partial charge in [-0.2, -0.15) is 13.2 Å². The van der Waals surface area contributed by atoms with Crippen LogP contribution >= 0.6 is 0 Å². The number of ether oxygens (including phenoxy) is 1. The molecule has 0 aliphatic heterocycles. The Morgan fingerprint density at radius 3 is 2.06 bits per heavy atom. The Morgan fingerprint density at radius 2 is 1.75 bits per heavy atom. The summed E-state index contributed by atoms with van der Waals surface area (Å²) in [6.07, 6.45) is -5.39. The summed E-state index contributed by atoms with van der Waals surface area (Å²) >= 11 is 0. The largest absolute Gasteiger partial charge is 0.440 e. The molecule has 0 saturated heterocycles. The maximum atomic E-state index is 11.8. The van der Waals surface area contributed by atoms with Crippen LogP contribution in [0.1, 0.15) is 27.7 Å². The van der Waals surface area contributed by atoms with Gasteiger partial charge in [-0.25, -0.2) is 4.79 Å². The van der Waals surface area contributed by atoms with Crippen LogP contribution in [0.25, 0.3) is 0 Å². The first-order valence-electron chi connectivity index (χ1n) is 5.13. The molecule has 6 heteroatoms. The zero-order valence-corrected chi connectivity index (χ0v) is 9.97. The van der Waals surface area contributed by atoms with Gasteiger partial charge in [0.05, 0.1) is 0 Å². The number of carbonyl (C=O) groups excluding carboxylic acids is 1. The number of alkyl halides is 3. The number of amides is 1. The van der Waals surface area contributed by atoms with E-state index in [2.05, 4.69) is 4.74 Å². The van der Waals surface area contributed by atoms with E-state index in [1.807, 2.05) is 13.8 Å². The summed E-state index contributed by atoms with van der Waals surface area (Å²) in [7, 11) is 0. The average Bonchev–Trinajstić information content (AvgIpc) is 2.08. The minimum atomic E-state index is -4.48. The van der Waals surface area contributed by atoms with Crippen molar-refractivity contribution in [2.45, 2.75) is 39.9 Å². The Balaban J connectivity index is 4.29. The first-order valence-corrected chi connectivity index (χ1v) is 5.13. The fourth-order valence-corrected chi connectivity index (χ4v) is 1.12. The fraction of sp³-hybridized carbons (Fsp3) is 0.900. The van der Waals surface area contributed by atoms with E-state index < -0.39 is 18.9 Å². The molecule has 0 aromatic heterocycles. The van der Waals surface area contributed by atoms with Crippen molar-refractivity contribution in [2.24, 2.45) is 5.92 Å². The van der Waals surface area contributed by atoms with Crippen molar-refractivity contribution in [1.82, 2.24) is 4.90 Å². The highest BCUT2D eigenvalue weighted by atomic mass is 19.4. The molecule has 0 heterocycles. The normalized spacial score (nSPS) is 12.1. The Bertz CT molecular complexity index is 227. The molecule has 0 aliphatic rings.